The standard InChI is InChI=1S/C22H24FN5O4S/c23-17-3-1-2-16(14-17)21(29)24-22(33)27-8-6-25(7-9-27)18-4-5-19(28(30)31)20(15-18)26-10-12-32-13-11-26/h1-5,14-15H,6-13H2,(H,24,29,33). The van der Waals surface area contributed by atoms with Gasteiger partial charge in [0.2, 0.25) is 0 Å². The van der Waals surface area contributed by atoms with E-state index in [0.717, 1.165) is 11.8 Å². The molecule has 9 nitrogen and oxygen atoms in total. The molecule has 0 atom stereocenters. The molecule has 2 saturated heterocycles. The molecule has 0 aliphatic carbocycles. The first kappa shape index (κ1) is 22.9. The highest BCUT2D eigenvalue weighted by Crippen LogP contribution is 2.33. The molecule has 2 aliphatic rings. The van der Waals surface area contributed by atoms with Gasteiger partial charge in [0, 0.05) is 56.6 Å². The van der Waals surface area contributed by atoms with Crippen molar-refractivity contribution in [3.05, 3.63) is 64.0 Å². The molecule has 11 heteroatoms. The Labute approximate surface area is 195 Å². The number of morpholine rings is 1. The molecule has 0 bridgehead atoms. The summed E-state index contributed by atoms with van der Waals surface area (Å²) < 4.78 is 18.7. The largest absolute Gasteiger partial charge is 0.378 e. The molecule has 1 N–H and O–H groups in total. The van der Waals surface area contributed by atoms with Gasteiger partial charge in [-0.05, 0) is 42.5 Å². The van der Waals surface area contributed by atoms with E-state index in [-0.39, 0.29) is 16.2 Å². The number of carbonyl (C=O) groups excluding carboxylic acids is 1. The molecule has 2 heterocycles. The summed E-state index contributed by atoms with van der Waals surface area (Å²) >= 11 is 5.38. The zero-order valence-electron chi connectivity index (χ0n) is 17.9. The zero-order valence-corrected chi connectivity index (χ0v) is 18.7. The van der Waals surface area contributed by atoms with Gasteiger partial charge in [-0.3, -0.25) is 20.2 Å². The van der Waals surface area contributed by atoms with E-state index in [2.05, 4.69) is 10.2 Å². The molecule has 0 spiro atoms. The minimum atomic E-state index is -0.485. The molecule has 0 radical (unpaired) electrons. The predicted octanol–water partition coefficient (Wildman–Crippen LogP) is 2.41. The molecule has 2 fully saturated rings. The van der Waals surface area contributed by atoms with Crippen molar-refractivity contribution in [2.24, 2.45) is 0 Å². The van der Waals surface area contributed by atoms with Crippen molar-refractivity contribution >= 4 is 40.3 Å². The molecule has 174 valence electrons. The molecular formula is C22H24FN5O4S. The minimum absolute atomic E-state index is 0.0838. The van der Waals surface area contributed by atoms with E-state index < -0.39 is 11.7 Å². The van der Waals surface area contributed by atoms with Crippen LogP contribution in [-0.4, -0.2) is 73.3 Å². The number of nitrogens with one attached hydrogen (secondary N) is 1. The third kappa shape index (κ3) is 5.37. The van der Waals surface area contributed by atoms with Gasteiger partial charge in [-0.25, -0.2) is 4.39 Å². The molecule has 2 aromatic rings. The van der Waals surface area contributed by atoms with Crippen molar-refractivity contribution in [2.75, 3.05) is 62.3 Å². The fourth-order valence-electron chi connectivity index (χ4n) is 3.97. The van der Waals surface area contributed by atoms with Gasteiger partial charge in [0.1, 0.15) is 11.5 Å². The Hall–Kier alpha value is -3.31. The average Bonchev–Trinajstić information content (AvgIpc) is 2.84. The van der Waals surface area contributed by atoms with E-state index in [1.54, 1.807) is 12.1 Å². The number of carbonyl (C=O) groups is 1. The topological polar surface area (TPSA) is 91.2 Å². The monoisotopic (exact) mass is 473 g/mol. The molecule has 0 aromatic heterocycles. The Morgan fingerprint density at radius 3 is 2.42 bits per heavy atom. The van der Waals surface area contributed by atoms with Crippen molar-refractivity contribution in [3.8, 4) is 0 Å². The van der Waals surface area contributed by atoms with Crippen molar-refractivity contribution < 1.29 is 18.8 Å². The number of ether oxygens (including phenoxy) is 1. The number of hydrogen-bond acceptors (Lipinski definition) is 7. The van der Waals surface area contributed by atoms with Crippen LogP contribution in [0.1, 0.15) is 10.4 Å². The van der Waals surface area contributed by atoms with E-state index in [9.17, 15) is 19.3 Å². The smallest absolute Gasteiger partial charge is 0.292 e. The van der Waals surface area contributed by atoms with E-state index in [0.29, 0.717) is 63.3 Å². The van der Waals surface area contributed by atoms with Crippen LogP contribution < -0.4 is 15.1 Å². The van der Waals surface area contributed by atoms with Gasteiger partial charge in [0.05, 0.1) is 18.1 Å². The number of benzene rings is 2. The van der Waals surface area contributed by atoms with E-state index in [1.165, 1.54) is 18.2 Å². The minimum Gasteiger partial charge on any atom is -0.378 e. The SMILES string of the molecule is O=C(NC(=S)N1CCN(c2ccc([N+](=O)[O-])c(N3CCOCC3)c2)CC1)c1cccc(F)c1. The number of nitrogens with zero attached hydrogens (tertiary/aromatic N) is 4. The van der Waals surface area contributed by atoms with Crippen LogP contribution in [0.3, 0.4) is 0 Å². The van der Waals surface area contributed by atoms with Gasteiger partial charge >= 0.3 is 0 Å². The van der Waals surface area contributed by atoms with Crippen LogP contribution in [0.2, 0.25) is 0 Å². The van der Waals surface area contributed by atoms with Crippen LogP contribution in [0.15, 0.2) is 42.5 Å². The van der Waals surface area contributed by atoms with Crippen molar-refractivity contribution in [2.45, 2.75) is 0 Å². The molecule has 4 rings (SSSR count). The Morgan fingerprint density at radius 1 is 1.03 bits per heavy atom. The highest BCUT2D eigenvalue weighted by Gasteiger charge is 2.25. The fourth-order valence-corrected chi connectivity index (χ4v) is 4.24. The lowest BCUT2D eigenvalue weighted by atomic mass is 10.1. The summed E-state index contributed by atoms with van der Waals surface area (Å²) in [7, 11) is 0. The highest BCUT2D eigenvalue weighted by molar-refractivity contribution is 7.80. The van der Waals surface area contributed by atoms with Crippen molar-refractivity contribution in [3.63, 3.8) is 0 Å². The summed E-state index contributed by atoms with van der Waals surface area (Å²) in [6.45, 7) is 4.72. The number of thiocarbonyl (C=S) groups is 1. The van der Waals surface area contributed by atoms with E-state index in [4.69, 9.17) is 17.0 Å². The Bertz CT molecular complexity index is 1050. The molecule has 1 amide bonds. The number of nitro benzene ring substituents is 1. The van der Waals surface area contributed by atoms with Crippen LogP contribution in [0, 0.1) is 15.9 Å². The lowest BCUT2D eigenvalue weighted by Gasteiger charge is -2.37. The molecule has 2 aliphatic heterocycles. The van der Waals surface area contributed by atoms with Gasteiger partial charge < -0.3 is 19.4 Å². The summed E-state index contributed by atoms with van der Waals surface area (Å²) in [5.74, 6) is -0.936. The molecule has 0 unspecified atom stereocenters. The van der Waals surface area contributed by atoms with Gasteiger partial charge in [0.25, 0.3) is 11.6 Å². The summed E-state index contributed by atoms with van der Waals surface area (Å²) in [5, 5.41) is 14.5. The Morgan fingerprint density at radius 2 is 1.76 bits per heavy atom. The van der Waals surface area contributed by atoms with Gasteiger partial charge in [-0.1, -0.05) is 6.07 Å². The average molecular weight is 474 g/mol. The summed E-state index contributed by atoms with van der Waals surface area (Å²) in [6.07, 6.45) is 0. The maximum absolute atomic E-state index is 13.4. The first-order valence-electron chi connectivity index (χ1n) is 10.6. The first-order valence-corrected chi connectivity index (χ1v) is 11.0. The van der Waals surface area contributed by atoms with Crippen LogP contribution in [0.25, 0.3) is 0 Å². The van der Waals surface area contributed by atoms with Crippen molar-refractivity contribution in [1.82, 2.24) is 10.2 Å². The summed E-state index contributed by atoms with van der Waals surface area (Å²) in [5.41, 5.74) is 1.79. The maximum Gasteiger partial charge on any atom is 0.292 e. The van der Waals surface area contributed by atoms with Crippen LogP contribution >= 0.6 is 12.2 Å². The molecule has 2 aromatic carbocycles. The second kappa shape index (κ2) is 10.1. The second-order valence-corrected chi connectivity index (χ2v) is 8.16. The van der Waals surface area contributed by atoms with Gasteiger partial charge in [-0.15, -0.1) is 0 Å². The summed E-state index contributed by atoms with van der Waals surface area (Å²) in [6, 6.07) is 10.6. The molecule has 33 heavy (non-hydrogen) atoms. The third-order valence-electron chi connectivity index (χ3n) is 5.75. The highest BCUT2D eigenvalue weighted by atomic mass is 32.1. The number of anilines is 2. The van der Waals surface area contributed by atoms with E-state index >= 15 is 0 Å². The number of hydrogen-bond donors (Lipinski definition) is 1. The third-order valence-corrected chi connectivity index (χ3v) is 6.11. The second-order valence-electron chi connectivity index (χ2n) is 7.77. The fraction of sp³-hybridized carbons (Fsp3) is 0.364. The Balaban J connectivity index is 1.39. The lowest BCUT2D eigenvalue weighted by molar-refractivity contribution is -0.384. The van der Waals surface area contributed by atoms with Crippen LogP contribution in [-0.2, 0) is 4.74 Å². The van der Waals surface area contributed by atoms with E-state index in [1.807, 2.05) is 15.9 Å². The van der Waals surface area contributed by atoms with Crippen LogP contribution in [0.5, 0.6) is 0 Å². The first-order chi connectivity index (χ1) is 15.9. The maximum atomic E-state index is 13.4. The Kier molecular flexibility index (Phi) is 6.99. The number of nitro groups is 1. The number of halogens is 1. The normalized spacial score (nSPS) is 16.5. The van der Waals surface area contributed by atoms with Crippen molar-refractivity contribution in [1.29, 1.82) is 0 Å². The zero-order chi connectivity index (χ0) is 23.4. The predicted molar refractivity (Wildman–Crippen MR) is 126 cm³/mol. The lowest BCUT2D eigenvalue weighted by Crippen LogP contribution is -2.52. The number of piperazine rings is 1. The van der Waals surface area contributed by atoms with Crippen LogP contribution in [0.4, 0.5) is 21.5 Å². The number of rotatable bonds is 4. The van der Waals surface area contributed by atoms with Gasteiger partial charge in [-0.2, -0.15) is 0 Å². The molecule has 0 saturated carbocycles. The van der Waals surface area contributed by atoms with Gasteiger partial charge in [0.15, 0.2) is 5.11 Å². The quantitative estimate of drug-likeness (QED) is 0.411. The molecular weight excluding hydrogens is 449 g/mol. The number of amides is 1. The summed E-state index contributed by atoms with van der Waals surface area (Å²) in [4.78, 5) is 29.5.